The SMILES string of the molecule is O=C(NC(CO)Cc1ccccc1)c1cc(-n2cnnc2)ccc1Cl. The smallest absolute Gasteiger partial charge is 0.253 e. The van der Waals surface area contributed by atoms with Crippen molar-refractivity contribution in [3.05, 3.63) is 77.3 Å². The van der Waals surface area contributed by atoms with Crippen LogP contribution < -0.4 is 5.32 Å². The van der Waals surface area contributed by atoms with E-state index in [9.17, 15) is 9.90 Å². The molecule has 0 bridgehead atoms. The Morgan fingerprint density at radius 2 is 1.88 bits per heavy atom. The van der Waals surface area contributed by atoms with Gasteiger partial charge in [-0.25, -0.2) is 0 Å². The molecule has 1 amide bonds. The number of aliphatic hydroxyl groups is 1. The van der Waals surface area contributed by atoms with Crippen molar-refractivity contribution in [2.75, 3.05) is 6.61 Å². The van der Waals surface area contributed by atoms with Gasteiger partial charge in [-0.2, -0.15) is 0 Å². The molecule has 25 heavy (non-hydrogen) atoms. The molecule has 2 N–H and O–H groups in total. The zero-order valence-corrected chi connectivity index (χ0v) is 14.1. The van der Waals surface area contributed by atoms with Crippen LogP contribution in [0.5, 0.6) is 0 Å². The molecule has 1 heterocycles. The largest absolute Gasteiger partial charge is 0.394 e. The topological polar surface area (TPSA) is 80.0 Å². The molecule has 0 aliphatic carbocycles. The van der Waals surface area contributed by atoms with E-state index in [0.717, 1.165) is 11.3 Å². The highest BCUT2D eigenvalue weighted by molar-refractivity contribution is 6.33. The fourth-order valence-electron chi connectivity index (χ4n) is 2.50. The zero-order chi connectivity index (χ0) is 17.6. The zero-order valence-electron chi connectivity index (χ0n) is 13.3. The van der Waals surface area contributed by atoms with Crippen LogP contribution in [0, 0.1) is 0 Å². The van der Waals surface area contributed by atoms with Crippen molar-refractivity contribution in [2.45, 2.75) is 12.5 Å². The van der Waals surface area contributed by atoms with Crippen LogP contribution in [0.2, 0.25) is 5.02 Å². The Labute approximate surface area is 150 Å². The van der Waals surface area contributed by atoms with Crippen LogP contribution in [0.15, 0.2) is 61.2 Å². The lowest BCUT2D eigenvalue weighted by molar-refractivity contribution is 0.0916. The van der Waals surface area contributed by atoms with Crippen LogP contribution in [0.4, 0.5) is 0 Å². The highest BCUT2D eigenvalue weighted by Gasteiger charge is 2.17. The monoisotopic (exact) mass is 356 g/mol. The van der Waals surface area contributed by atoms with Crippen molar-refractivity contribution in [2.24, 2.45) is 0 Å². The number of hydrogen-bond donors (Lipinski definition) is 2. The molecular weight excluding hydrogens is 340 g/mol. The first kappa shape index (κ1) is 17.1. The van der Waals surface area contributed by atoms with E-state index in [2.05, 4.69) is 15.5 Å². The van der Waals surface area contributed by atoms with Gasteiger partial charge in [-0.15, -0.1) is 10.2 Å². The van der Waals surface area contributed by atoms with Crippen LogP contribution in [0.3, 0.4) is 0 Å². The molecule has 0 saturated heterocycles. The number of carbonyl (C=O) groups is 1. The molecule has 1 aromatic heterocycles. The highest BCUT2D eigenvalue weighted by Crippen LogP contribution is 2.20. The predicted octanol–water partition coefficient (Wildman–Crippen LogP) is 2.25. The second-order valence-electron chi connectivity index (χ2n) is 5.58. The normalized spacial score (nSPS) is 11.9. The first-order valence-corrected chi connectivity index (χ1v) is 8.15. The summed E-state index contributed by atoms with van der Waals surface area (Å²) in [6.07, 6.45) is 3.61. The molecule has 7 heteroatoms. The minimum Gasteiger partial charge on any atom is -0.394 e. The van der Waals surface area contributed by atoms with E-state index in [1.165, 1.54) is 12.7 Å². The Morgan fingerprint density at radius 1 is 1.16 bits per heavy atom. The second-order valence-corrected chi connectivity index (χ2v) is 5.98. The first-order chi connectivity index (χ1) is 12.2. The summed E-state index contributed by atoms with van der Waals surface area (Å²) in [6.45, 7) is -0.163. The molecule has 0 spiro atoms. The molecule has 0 aliphatic rings. The summed E-state index contributed by atoms with van der Waals surface area (Å²) in [6, 6.07) is 14.4. The molecule has 2 aromatic carbocycles. The first-order valence-electron chi connectivity index (χ1n) is 7.77. The van der Waals surface area contributed by atoms with Gasteiger partial charge in [0.1, 0.15) is 12.7 Å². The molecule has 0 saturated carbocycles. The van der Waals surface area contributed by atoms with Crippen LogP contribution in [0.25, 0.3) is 5.69 Å². The van der Waals surface area contributed by atoms with Gasteiger partial charge in [-0.3, -0.25) is 9.36 Å². The van der Waals surface area contributed by atoms with E-state index in [4.69, 9.17) is 11.6 Å². The maximum Gasteiger partial charge on any atom is 0.253 e. The Morgan fingerprint density at radius 3 is 2.56 bits per heavy atom. The van der Waals surface area contributed by atoms with Crippen LogP contribution >= 0.6 is 11.6 Å². The van der Waals surface area contributed by atoms with Gasteiger partial charge in [-0.1, -0.05) is 41.9 Å². The molecular formula is C18H17ClN4O2. The lowest BCUT2D eigenvalue weighted by Gasteiger charge is -2.17. The number of halogens is 1. The summed E-state index contributed by atoms with van der Waals surface area (Å²) in [5.41, 5.74) is 2.09. The number of nitrogens with one attached hydrogen (secondary N) is 1. The van der Waals surface area contributed by atoms with Crippen molar-refractivity contribution < 1.29 is 9.90 Å². The number of hydrogen-bond acceptors (Lipinski definition) is 4. The van der Waals surface area contributed by atoms with Crippen LogP contribution in [-0.4, -0.2) is 38.4 Å². The predicted molar refractivity (Wildman–Crippen MR) is 94.9 cm³/mol. The number of benzene rings is 2. The van der Waals surface area contributed by atoms with Gasteiger partial charge in [0, 0.05) is 5.69 Å². The quantitative estimate of drug-likeness (QED) is 0.710. The Bertz CT molecular complexity index is 838. The summed E-state index contributed by atoms with van der Waals surface area (Å²) < 4.78 is 1.68. The summed E-state index contributed by atoms with van der Waals surface area (Å²) in [5, 5.41) is 20.3. The Hall–Kier alpha value is -2.70. The number of aromatic nitrogens is 3. The second kappa shape index (κ2) is 7.92. The number of aliphatic hydroxyl groups excluding tert-OH is 1. The minimum atomic E-state index is -0.399. The van der Waals surface area contributed by atoms with Crippen molar-refractivity contribution in [3.63, 3.8) is 0 Å². The Kier molecular flexibility index (Phi) is 5.42. The van der Waals surface area contributed by atoms with Gasteiger partial charge in [-0.05, 0) is 30.2 Å². The van der Waals surface area contributed by atoms with Gasteiger partial charge in [0.15, 0.2) is 0 Å². The van der Waals surface area contributed by atoms with E-state index in [-0.39, 0.29) is 12.5 Å². The lowest BCUT2D eigenvalue weighted by Crippen LogP contribution is -2.39. The van der Waals surface area contributed by atoms with Gasteiger partial charge >= 0.3 is 0 Å². The van der Waals surface area contributed by atoms with Gasteiger partial charge in [0.2, 0.25) is 0 Å². The minimum absolute atomic E-state index is 0.163. The van der Waals surface area contributed by atoms with Gasteiger partial charge in [0.05, 0.1) is 23.2 Å². The Balaban J connectivity index is 1.76. The third-order valence-electron chi connectivity index (χ3n) is 3.79. The van der Waals surface area contributed by atoms with Crippen LogP contribution in [-0.2, 0) is 6.42 Å². The average molecular weight is 357 g/mol. The van der Waals surface area contributed by atoms with Gasteiger partial charge < -0.3 is 10.4 Å². The molecule has 1 atom stereocenters. The van der Waals surface area contributed by atoms with Crippen LogP contribution in [0.1, 0.15) is 15.9 Å². The van der Waals surface area contributed by atoms with E-state index < -0.39 is 6.04 Å². The standard InChI is InChI=1S/C18H17ClN4O2/c19-17-7-6-15(23-11-20-21-12-23)9-16(17)18(25)22-14(10-24)8-13-4-2-1-3-5-13/h1-7,9,11-12,14,24H,8,10H2,(H,22,25). The maximum absolute atomic E-state index is 12.6. The molecule has 3 aromatic rings. The van der Waals surface area contributed by atoms with E-state index in [1.54, 1.807) is 22.8 Å². The molecule has 0 fully saturated rings. The van der Waals surface area contributed by atoms with E-state index in [1.807, 2.05) is 30.3 Å². The molecule has 0 aliphatic heterocycles. The van der Waals surface area contributed by atoms with Gasteiger partial charge in [0.25, 0.3) is 5.91 Å². The van der Waals surface area contributed by atoms with Crippen molar-refractivity contribution in [3.8, 4) is 5.69 Å². The summed E-state index contributed by atoms with van der Waals surface area (Å²) in [4.78, 5) is 12.6. The third kappa shape index (κ3) is 4.23. The molecule has 0 radical (unpaired) electrons. The number of carbonyl (C=O) groups excluding carboxylic acids is 1. The summed E-state index contributed by atoms with van der Waals surface area (Å²) in [5.74, 6) is -0.338. The molecule has 128 valence electrons. The summed E-state index contributed by atoms with van der Waals surface area (Å²) >= 11 is 6.18. The molecule has 3 rings (SSSR count). The summed E-state index contributed by atoms with van der Waals surface area (Å²) in [7, 11) is 0. The molecule has 6 nitrogen and oxygen atoms in total. The fourth-order valence-corrected chi connectivity index (χ4v) is 2.71. The number of amides is 1. The van der Waals surface area contributed by atoms with E-state index >= 15 is 0 Å². The van der Waals surface area contributed by atoms with Crippen molar-refractivity contribution in [1.29, 1.82) is 0 Å². The van der Waals surface area contributed by atoms with Crippen molar-refractivity contribution >= 4 is 17.5 Å². The van der Waals surface area contributed by atoms with Crippen molar-refractivity contribution in [1.82, 2.24) is 20.1 Å². The average Bonchev–Trinajstić information content (AvgIpc) is 3.17. The lowest BCUT2D eigenvalue weighted by atomic mass is 10.1. The maximum atomic E-state index is 12.6. The van der Waals surface area contributed by atoms with E-state index in [0.29, 0.717) is 17.0 Å². The number of rotatable bonds is 6. The fraction of sp³-hybridized carbons (Fsp3) is 0.167. The third-order valence-corrected chi connectivity index (χ3v) is 4.12. The molecule has 1 unspecified atom stereocenters. The highest BCUT2D eigenvalue weighted by atomic mass is 35.5. The number of nitrogens with zero attached hydrogens (tertiary/aromatic N) is 3.